The van der Waals surface area contributed by atoms with Crippen LogP contribution in [0.3, 0.4) is 0 Å². The minimum absolute atomic E-state index is 0.239. The first-order chi connectivity index (χ1) is 35.7. The van der Waals surface area contributed by atoms with Crippen LogP contribution in [-0.4, -0.2) is 65.5 Å². The third-order valence-corrected chi connectivity index (χ3v) is 14.7. The molecule has 17 heteroatoms. The van der Waals surface area contributed by atoms with E-state index in [0.717, 1.165) is 56.4 Å². The van der Waals surface area contributed by atoms with Crippen LogP contribution in [0.5, 0.6) is 0 Å². The summed E-state index contributed by atoms with van der Waals surface area (Å²) >= 11 is 5.25. The second-order valence-electron chi connectivity index (χ2n) is 15.7. The summed E-state index contributed by atoms with van der Waals surface area (Å²) in [5, 5.41) is 19.3. The zero-order valence-corrected chi connectivity index (χ0v) is 43.4. The lowest BCUT2D eigenvalue weighted by Crippen LogP contribution is -2.21. The molecule has 0 radical (unpaired) electrons. The van der Waals surface area contributed by atoms with Crippen LogP contribution in [0.2, 0.25) is 0 Å². The summed E-state index contributed by atoms with van der Waals surface area (Å²) in [6.07, 6.45) is 5.37. The lowest BCUT2D eigenvalue weighted by Gasteiger charge is -2.19. The summed E-state index contributed by atoms with van der Waals surface area (Å²) < 4.78 is 52.7. The van der Waals surface area contributed by atoms with Gasteiger partial charge in [-0.2, -0.15) is 20.4 Å². The van der Waals surface area contributed by atoms with Crippen molar-refractivity contribution in [1.29, 1.82) is 0 Å². The molecule has 6 aromatic carbocycles. The van der Waals surface area contributed by atoms with Crippen molar-refractivity contribution in [2.24, 2.45) is 0 Å². The van der Waals surface area contributed by atoms with Gasteiger partial charge in [0.05, 0.1) is 44.0 Å². The molecule has 0 amide bonds. The van der Waals surface area contributed by atoms with E-state index in [1.165, 1.54) is 0 Å². The first-order valence-electron chi connectivity index (χ1n) is 23.8. The smallest absolute Gasteiger partial charge is 0.304 e. The van der Waals surface area contributed by atoms with E-state index in [4.69, 9.17) is 30.5 Å². The predicted molar refractivity (Wildman–Crippen MR) is 290 cm³/mol. The third kappa shape index (κ3) is 12.3. The molecule has 0 atom stereocenters. The molecule has 0 bridgehead atoms. The van der Waals surface area contributed by atoms with Crippen LogP contribution in [0.15, 0.2) is 213 Å². The summed E-state index contributed by atoms with van der Waals surface area (Å²) in [6, 6.07) is 64.3. The molecule has 0 unspecified atom stereocenters. The van der Waals surface area contributed by atoms with Crippen molar-refractivity contribution in [3.63, 3.8) is 0 Å². The van der Waals surface area contributed by atoms with Crippen LogP contribution in [0.25, 0.3) is 67.8 Å². The maximum atomic E-state index is 13.9. The number of benzene rings is 6. The maximum Gasteiger partial charge on any atom is 0.424 e. The molecule has 4 heterocycles. The van der Waals surface area contributed by atoms with Crippen LogP contribution in [-0.2, 0) is 27.2 Å². The minimum atomic E-state index is -3.65. The first-order valence-corrected chi connectivity index (χ1v) is 27.8. The Morgan fingerprint density at radius 2 is 0.808 bits per heavy atom. The van der Waals surface area contributed by atoms with Gasteiger partial charge in [0.15, 0.2) is 5.44 Å². The summed E-state index contributed by atoms with van der Waals surface area (Å²) in [4.78, 5) is 0. The van der Waals surface area contributed by atoms with E-state index < -0.39 is 14.5 Å². The third-order valence-electron chi connectivity index (χ3n) is 10.9. The Balaban J connectivity index is 0.000000170. The average molecular weight is 1030 g/mol. The molecule has 73 heavy (non-hydrogen) atoms. The second kappa shape index (κ2) is 24.9. The molecule has 0 spiro atoms. The van der Waals surface area contributed by atoms with Gasteiger partial charge in [-0.25, -0.2) is 23.3 Å². The van der Waals surface area contributed by atoms with E-state index in [9.17, 15) is 9.13 Å². The highest BCUT2D eigenvalue weighted by molar-refractivity contribution is 7.81. The standard InChI is InChI=1S/C28H27N4O3P.C24H18N4.C4H10ClO3P/c1-3-34-36(33,35-4-2)25-20-21-29-32(25)28-26(22-14-8-5-9-15-22)30-31(24-18-12-7-13-19-24)27(28)23-16-10-6-11-17-23;1-4-11-19(12-5-1)22-24(27-18-10-17-25-27)23(20-13-6-2-7-14-20)28(26-22)21-15-8-3-9-16-21;1-3-7-9(5,6)8-4-2/h5-21H,3-4H2,1-2H3;1-18H;3-4H2,1-2H3. The van der Waals surface area contributed by atoms with Gasteiger partial charge < -0.3 is 9.05 Å². The number of nitrogens with zero attached hydrogens (tertiary/aromatic N) is 8. The van der Waals surface area contributed by atoms with Gasteiger partial charge in [-0.05, 0) is 64.1 Å². The van der Waals surface area contributed by atoms with E-state index >= 15 is 0 Å². The molecule has 0 aliphatic heterocycles. The van der Waals surface area contributed by atoms with Crippen LogP contribution >= 0.6 is 25.8 Å². The Labute approximate surface area is 430 Å². The average Bonchev–Trinajstić information content (AvgIpc) is 4.27. The Bertz CT molecular complexity index is 3340. The van der Waals surface area contributed by atoms with Gasteiger partial charge in [0.25, 0.3) is 0 Å². The first kappa shape index (κ1) is 52.1. The summed E-state index contributed by atoms with van der Waals surface area (Å²) in [5.41, 5.74) is 11.3. The molecular weight excluding hydrogens is 978 g/mol. The quantitative estimate of drug-likeness (QED) is 0.0809. The summed E-state index contributed by atoms with van der Waals surface area (Å²) in [6.45, 7) is 4.87. The predicted octanol–water partition coefficient (Wildman–Crippen LogP) is 14.1. The number of rotatable bonds is 17. The zero-order valence-electron chi connectivity index (χ0n) is 40.8. The fourth-order valence-corrected chi connectivity index (χ4v) is 10.9. The van der Waals surface area contributed by atoms with E-state index in [-0.39, 0.29) is 13.2 Å². The molecule has 0 aliphatic rings. The highest BCUT2D eigenvalue weighted by Gasteiger charge is 2.35. The Hall–Kier alpha value is -7.25. The van der Waals surface area contributed by atoms with Crippen molar-refractivity contribution in [3.05, 3.63) is 213 Å². The van der Waals surface area contributed by atoms with E-state index in [2.05, 4.69) is 55.6 Å². The normalized spacial score (nSPS) is 11.4. The number of hydrogen-bond acceptors (Lipinski definition) is 10. The Kier molecular flexibility index (Phi) is 17.8. The topological polar surface area (TPSA) is 142 Å². The Morgan fingerprint density at radius 1 is 0.425 bits per heavy atom. The number of hydrogen-bond donors (Lipinski definition) is 0. The van der Waals surface area contributed by atoms with Gasteiger partial charge in [-0.15, -0.1) is 0 Å². The highest BCUT2D eigenvalue weighted by Crippen LogP contribution is 2.53. The molecule has 4 aromatic heterocycles. The molecule has 0 aliphatic carbocycles. The van der Waals surface area contributed by atoms with Gasteiger partial charge in [0.1, 0.15) is 34.2 Å². The van der Waals surface area contributed by atoms with Gasteiger partial charge in [0.2, 0.25) is 0 Å². The van der Waals surface area contributed by atoms with Crippen LogP contribution in [0, 0.1) is 0 Å². The fourth-order valence-electron chi connectivity index (χ4n) is 7.97. The number of halogens is 1. The van der Waals surface area contributed by atoms with Crippen molar-refractivity contribution < 1.29 is 27.2 Å². The van der Waals surface area contributed by atoms with Crippen molar-refractivity contribution >= 4 is 31.2 Å². The number of aromatic nitrogens is 8. The molecule has 0 saturated carbocycles. The molecule has 372 valence electrons. The van der Waals surface area contributed by atoms with Crippen molar-refractivity contribution in [2.45, 2.75) is 27.7 Å². The minimum Gasteiger partial charge on any atom is -0.304 e. The lowest BCUT2D eigenvalue weighted by atomic mass is 10.1. The van der Waals surface area contributed by atoms with Gasteiger partial charge in [-0.1, -0.05) is 158 Å². The molecule has 10 rings (SSSR count). The molecule has 14 nitrogen and oxygen atoms in total. The number of para-hydroxylation sites is 2. The van der Waals surface area contributed by atoms with Crippen LogP contribution in [0.4, 0.5) is 0 Å². The monoisotopic (exact) mass is 1030 g/mol. The van der Waals surface area contributed by atoms with Crippen molar-refractivity contribution in [1.82, 2.24) is 39.1 Å². The largest absolute Gasteiger partial charge is 0.424 e. The van der Waals surface area contributed by atoms with Crippen LogP contribution < -0.4 is 5.44 Å². The molecule has 10 aromatic rings. The SMILES string of the molecule is CCOP(=O)(Cl)OCC.CCOP(=O)(OCC)c1ccnn1-c1c(-c2ccccc2)nn(-c2ccccc2)c1-c1ccccc1.c1ccc(-c2nn(-c3ccccc3)c(-c3ccccc3)c2-n2cccn2)cc1. The van der Waals surface area contributed by atoms with Crippen molar-refractivity contribution in [3.8, 4) is 67.8 Å². The van der Waals surface area contributed by atoms with Crippen LogP contribution in [0.1, 0.15) is 27.7 Å². The zero-order chi connectivity index (χ0) is 51.0. The molecular formula is C56H55ClN8O6P2. The Morgan fingerprint density at radius 3 is 1.21 bits per heavy atom. The summed E-state index contributed by atoms with van der Waals surface area (Å²) in [5.74, 6) is 0. The van der Waals surface area contributed by atoms with E-state index in [1.807, 2.05) is 172 Å². The van der Waals surface area contributed by atoms with Gasteiger partial charge >= 0.3 is 14.5 Å². The van der Waals surface area contributed by atoms with Gasteiger partial charge in [0, 0.05) is 45.9 Å². The highest BCUT2D eigenvalue weighted by atomic mass is 35.7. The second-order valence-corrected chi connectivity index (χ2v) is 20.3. The van der Waals surface area contributed by atoms with E-state index in [0.29, 0.717) is 30.0 Å². The molecule has 0 saturated heterocycles. The fraction of sp³-hybridized carbons (Fsp3) is 0.143. The van der Waals surface area contributed by atoms with Gasteiger partial charge in [-0.3, -0.25) is 13.6 Å². The molecule has 0 N–H and O–H groups in total. The van der Waals surface area contributed by atoms with Crippen molar-refractivity contribution in [2.75, 3.05) is 26.4 Å². The maximum absolute atomic E-state index is 13.9. The molecule has 0 fully saturated rings. The lowest BCUT2D eigenvalue weighted by molar-refractivity contribution is 0.228. The summed E-state index contributed by atoms with van der Waals surface area (Å²) in [7, 11) is -3.65. The van der Waals surface area contributed by atoms with E-state index in [1.54, 1.807) is 50.8 Å².